The molecule has 5 nitrogen and oxygen atoms in total. The highest BCUT2D eigenvalue weighted by molar-refractivity contribution is 7.14. The zero-order valence-corrected chi connectivity index (χ0v) is 14.3. The van der Waals surface area contributed by atoms with Crippen molar-refractivity contribution in [1.29, 1.82) is 0 Å². The van der Waals surface area contributed by atoms with E-state index in [4.69, 9.17) is 11.6 Å². The lowest BCUT2D eigenvalue weighted by atomic mass is 10.1. The molecule has 0 aliphatic heterocycles. The minimum absolute atomic E-state index is 0.115. The highest BCUT2D eigenvalue weighted by atomic mass is 35.5. The van der Waals surface area contributed by atoms with Crippen molar-refractivity contribution < 1.29 is 10.2 Å². The summed E-state index contributed by atoms with van der Waals surface area (Å²) in [5, 5.41) is 26.6. The average molecular weight is 360 g/mol. The zero-order chi connectivity index (χ0) is 17.1. The van der Waals surface area contributed by atoms with Crippen LogP contribution in [0.3, 0.4) is 0 Å². The standard InChI is InChI=1S/C17H14ClN3O2S/c1-10-2-4-15(22)11(6-10)8-19-21-17-20-14(9-24-17)13-7-12(18)3-5-16(13)23/h2-9,22-23H,1H3,(H,20,21)/b19-8+. The first-order valence-electron chi connectivity index (χ1n) is 7.06. The largest absolute Gasteiger partial charge is 0.507 e. The van der Waals surface area contributed by atoms with E-state index >= 15 is 0 Å². The Labute approximate surface area is 147 Å². The molecule has 0 aliphatic rings. The van der Waals surface area contributed by atoms with Gasteiger partial charge in [-0.3, -0.25) is 5.43 Å². The maximum atomic E-state index is 9.91. The van der Waals surface area contributed by atoms with E-state index in [2.05, 4.69) is 15.5 Å². The molecule has 3 rings (SSSR count). The Balaban J connectivity index is 1.76. The van der Waals surface area contributed by atoms with Gasteiger partial charge in [0.1, 0.15) is 11.5 Å². The maximum Gasteiger partial charge on any atom is 0.203 e. The van der Waals surface area contributed by atoms with Crippen LogP contribution < -0.4 is 5.43 Å². The number of nitrogens with zero attached hydrogens (tertiary/aromatic N) is 2. The number of phenols is 2. The highest BCUT2D eigenvalue weighted by Gasteiger charge is 2.09. The van der Waals surface area contributed by atoms with Crippen molar-refractivity contribution in [3.63, 3.8) is 0 Å². The molecule has 0 saturated carbocycles. The summed E-state index contributed by atoms with van der Waals surface area (Å²) in [5.41, 5.74) is 5.63. The quantitative estimate of drug-likeness (QED) is 0.469. The molecule has 1 aromatic heterocycles. The van der Waals surface area contributed by atoms with E-state index in [-0.39, 0.29) is 11.5 Å². The minimum Gasteiger partial charge on any atom is -0.507 e. The third-order valence-electron chi connectivity index (χ3n) is 3.29. The summed E-state index contributed by atoms with van der Waals surface area (Å²) in [7, 11) is 0. The Bertz CT molecular complexity index is 909. The van der Waals surface area contributed by atoms with Crippen LogP contribution in [0.25, 0.3) is 11.3 Å². The van der Waals surface area contributed by atoms with Gasteiger partial charge in [-0.1, -0.05) is 23.2 Å². The van der Waals surface area contributed by atoms with Crippen LogP contribution in [-0.4, -0.2) is 21.4 Å². The van der Waals surface area contributed by atoms with E-state index in [1.165, 1.54) is 23.6 Å². The molecule has 1 heterocycles. The number of benzene rings is 2. The summed E-state index contributed by atoms with van der Waals surface area (Å²) in [6.07, 6.45) is 1.53. The van der Waals surface area contributed by atoms with Gasteiger partial charge in [0.15, 0.2) is 0 Å². The lowest BCUT2D eigenvalue weighted by molar-refractivity contribution is 0.474. The minimum atomic E-state index is 0.115. The number of nitrogens with one attached hydrogen (secondary N) is 1. The van der Waals surface area contributed by atoms with Gasteiger partial charge in [0.25, 0.3) is 0 Å². The number of rotatable bonds is 4. The number of thiazole rings is 1. The first-order valence-corrected chi connectivity index (χ1v) is 8.32. The van der Waals surface area contributed by atoms with Crippen LogP contribution in [0, 0.1) is 6.92 Å². The van der Waals surface area contributed by atoms with Crippen LogP contribution in [0.15, 0.2) is 46.9 Å². The zero-order valence-electron chi connectivity index (χ0n) is 12.7. The van der Waals surface area contributed by atoms with Crippen molar-refractivity contribution in [1.82, 2.24) is 4.98 Å². The molecular weight excluding hydrogens is 346 g/mol. The third kappa shape index (κ3) is 3.67. The summed E-state index contributed by atoms with van der Waals surface area (Å²) in [5.74, 6) is 0.277. The summed E-state index contributed by atoms with van der Waals surface area (Å²) < 4.78 is 0. The number of anilines is 1. The van der Waals surface area contributed by atoms with E-state index in [9.17, 15) is 10.2 Å². The molecule has 2 aromatic carbocycles. The number of aromatic nitrogens is 1. The number of aryl methyl sites for hydroxylation is 1. The van der Waals surface area contributed by atoms with Gasteiger partial charge in [0, 0.05) is 21.5 Å². The van der Waals surface area contributed by atoms with Gasteiger partial charge in [-0.15, -0.1) is 11.3 Å². The number of hydrazone groups is 1. The maximum absolute atomic E-state index is 9.91. The predicted molar refractivity (Wildman–Crippen MR) is 98.3 cm³/mol. The number of phenolic OH excluding ortho intramolecular Hbond substituents is 2. The van der Waals surface area contributed by atoms with E-state index < -0.39 is 0 Å². The highest BCUT2D eigenvalue weighted by Crippen LogP contribution is 2.33. The summed E-state index contributed by atoms with van der Waals surface area (Å²) in [6, 6.07) is 10.1. The van der Waals surface area contributed by atoms with Crippen LogP contribution in [0.1, 0.15) is 11.1 Å². The molecule has 0 bridgehead atoms. The average Bonchev–Trinajstić information content (AvgIpc) is 3.02. The van der Waals surface area contributed by atoms with Gasteiger partial charge >= 0.3 is 0 Å². The third-order valence-corrected chi connectivity index (χ3v) is 4.27. The van der Waals surface area contributed by atoms with Crippen molar-refractivity contribution in [2.24, 2.45) is 5.10 Å². The van der Waals surface area contributed by atoms with Gasteiger partial charge in [-0.05, 0) is 37.3 Å². The SMILES string of the molecule is Cc1ccc(O)c(/C=N/Nc2nc(-c3cc(Cl)ccc3O)cs2)c1. The van der Waals surface area contributed by atoms with Crippen LogP contribution >= 0.6 is 22.9 Å². The van der Waals surface area contributed by atoms with E-state index in [1.807, 2.05) is 19.1 Å². The molecule has 0 spiro atoms. The predicted octanol–water partition coefficient (Wildman–Crippen LogP) is 4.63. The fraction of sp³-hybridized carbons (Fsp3) is 0.0588. The molecule has 7 heteroatoms. The fourth-order valence-electron chi connectivity index (χ4n) is 2.10. The summed E-state index contributed by atoms with van der Waals surface area (Å²) >= 11 is 7.30. The normalized spacial score (nSPS) is 11.1. The molecule has 3 aromatic rings. The van der Waals surface area contributed by atoms with Gasteiger partial charge in [-0.25, -0.2) is 4.98 Å². The molecule has 0 radical (unpaired) electrons. The Morgan fingerprint density at radius 2 is 1.96 bits per heavy atom. The molecule has 3 N–H and O–H groups in total. The second-order valence-electron chi connectivity index (χ2n) is 5.13. The smallest absolute Gasteiger partial charge is 0.203 e. The van der Waals surface area contributed by atoms with Crippen LogP contribution in [0.5, 0.6) is 11.5 Å². The van der Waals surface area contributed by atoms with Gasteiger partial charge in [-0.2, -0.15) is 5.10 Å². The molecule has 0 fully saturated rings. The Kier molecular flexibility index (Phi) is 4.69. The van der Waals surface area contributed by atoms with E-state index in [0.717, 1.165) is 5.56 Å². The summed E-state index contributed by atoms with van der Waals surface area (Å²) in [6.45, 7) is 1.94. The van der Waals surface area contributed by atoms with Crippen LogP contribution in [-0.2, 0) is 0 Å². The van der Waals surface area contributed by atoms with Crippen molar-refractivity contribution in [2.75, 3.05) is 5.43 Å². The monoisotopic (exact) mass is 359 g/mol. The van der Waals surface area contributed by atoms with Crippen molar-refractivity contribution in [3.8, 4) is 22.8 Å². The number of hydrogen-bond donors (Lipinski definition) is 3. The first-order chi connectivity index (χ1) is 11.5. The molecule has 0 saturated heterocycles. The van der Waals surface area contributed by atoms with Crippen molar-refractivity contribution in [3.05, 3.63) is 57.9 Å². The van der Waals surface area contributed by atoms with Gasteiger partial charge in [0.2, 0.25) is 5.13 Å². The molecule has 0 atom stereocenters. The number of halogens is 1. The number of aromatic hydroxyl groups is 2. The number of hydrogen-bond acceptors (Lipinski definition) is 6. The second kappa shape index (κ2) is 6.90. The fourth-order valence-corrected chi connectivity index (χ4v) is 2.93. The van der Waals surface area contributed by atoms with E-state index in [1.54, 1.807) is 23.6 Å². The molecule has 0 aliphatic carbocycles. The topological polar surface area (TPSA) is 77.7 Å². The molecular formula is C17H14ClN3O2S. The lowest BCUT2D eigenvalue weighted by Gasteiger charge is -2.01. The lowest BCUT2D eigenvalue weighted by Crippen LogP contribution is -1.91. The molecule has 0 amide bonds. The Morgan fingerprint density at radius 3 is 2.79 bits per heavy atom. The molecule has 0 unspecified atom stereocenters. The van der Waals surface area contributed by atoms with Crippen LogP contribution in [0.2, 0.25) is 5.02 Å². The Hall–Kier alpha value is -2.57. The summed E-state index contributed by atoms with van der Waals surface area (Å²) in [4.78, 5) is 4.37. The molecule has 24 heavy (non-hydrogen) atoms. The molecule has 122 valence electrons. The Morgan fingerprint density at radius 1 is 1.17 bits per heavy atom. The van der Waals surface area contributed by atoms with E-state index in [0.29, 0.717) is 27.0 Å². The van der Waals surface area contributed by atoms with Crippen molar-refractivity contribution in [2.45, 2.75) is 6.92 Å². The first kappa shape index (κ1) is 16.3. The van der Waals surface area contributed by atoms with Gasteiger partial charge in [0.05, 0.1) is 11.9 Å². The van der Waals surface area contributed by atoms with Crippen molar-refractivity contribution >= 4 is 34.3 Å². The van der Waals surface area contributed by atoms with Gasteiger partial charge < -0.3 is 10.2 Å². The van der Waals surface area contributed by atoms with Crippen LogP contribution in [0.4, 0.5) is 5.13 Å². The second-order valence-corrected chi connectivity index (χ2v) is 6.43.